The smallest absolute Gasteiger partial charge is 0.181 e. The summed E-state index contributed by atoms with van der Waals surface area (Å²) in [6.07, 6.45) is -0.0907. The van der Waals surface area contributed by atoms with Crippen molar-refractivity contribution in [3.63, 3.8) is 0 Å². The van der Waals surface area contributed by atoms with Gasteiger partial charge in [0, 0.05) is 34.3 Å². The van der Waals surface area contributed by atoms with Crippen LogP contribution in [-0.2, 0) is 22.3 Å². The third-order valence-corrected chi connectivity index (χ3v) is 7.87. The molecule has 1 saturated carbocycles. The zero-order chi connectivity index (χ0) is 22.7. The van der Waals surface area contributed by atoms with Crippen LogP contribution in [0.3, 0.4) is 0 Å². The van der Waals surface area contributed by atoms with E-state index in [1.165, 1.54) is 6.20 Å². The highest BCUT2D eigenvalue weighted by molar-refractivity contribution is 9.10. The molecular formula is C23H18BrClNO5S-. The van der Waals surface area contributed by atoms with E-state index in [9.17, 15) is 19.0 Å². The summed E-state index contributed by atoms with van der Waals surface area (Å²) in [4.78, 5) is 4.32. The van der Waals surface area contributed by atoms with Gasteiger partial charge < -0.3 is 19.5 Å². The van der Waals surface area contributed by atoms with E-state index in [1.807, 2.05) is 42.5 Å². The van der Waals surface area contributed by atoms with E-state index in [0.29, 0.717) is 10.6 Å². The number of pyridine rings is 1. The van der Waals surface area contributed by atoms with E-state index in [0.717, 1.165) is 10.0 Å². The van der Waals surface area contributed by atoms with E-state index in [1.54, 1.807) is 18.2 Å². The molecule has 1 aliphatic heterocycles. The first-order valence-electron chi connectivity index (χ1n) is 9.91. The van der Waals surface area contributed by atoms with Crippen molar-refractivity contribution in [3.05, 3.63) is 93.2 Å². The Bertz CT molecular complexity index is 1200. The zero-order valence-electron chi connectivity index (χ0n) is 16.5. The van der Waals surface area contributed by atoms with Crippen molar-refractivity contribution in [2.24, 2.45) is 5.92 Å². The van der Waals surface area contributed by atoms with Crippen LogP contribution in [0.25, 0.3) is 0 Å². The van der Waals surface area contributed by atoms with E-state index in [2.05, 4.69) is 20.9 Å². The lowest BCUT2D eigenvalue weighted by molar-refractivity contribution is -0.152. The first-order chi connectivity index (χ1) is 15.3. The molecule has 32 heavy (non-hydrogen) atoms. The number of ether oxygens (including phenoxy) is 1. The number of hydrogen-bond acceptors (Lipinski definition) is 6. The third-order valence-electron chi connectivity index (χ3n) is 6.48. The monoisotopic (exact) mass is 534 g/mol. The molecule has 2 N–H and O–H groups in total. The molecule has 5 rings (SSSR count). The Labute approximate surface area is 200 Å². The molecule has 1 unspecified atom stereocenters. The molecule has 6 atom stereocenters. The standard InChI is InChI=1S/C23H19BrClNO5S/c24-15-8-6-14(7-9-15)23-19(13-4-2-1-3-5-13)17(12-32(29)30)21(27)22(23,28)20-18(31-23)10-16(25)11-26-20/h1-11,17,19,21,27-28H,12H2,(H,29,30)/p-1/t17-,19-,21+,22+,23+/m1/s1. The first-order valence-corrected chi connectivity index (χ1v) is 12.3. The van der Waals surface area contributed by atoms with Gasteiger partial charge in [0.25, 0.3) is 0 Å². The maximum atomic E-state index is 12.2. The maximum Gasteiger partial charge on any atom is 0.181 e. The van der Waals surface area contributed by atoms with E-state index in [4.69, 9.17) is 16.3 Å². The molecule has 9 heteroatoms. The fourth-order valence-electron chi connectivity index (χ4n) is 5.31. The van der Waals surface area contributed by atoms with Gasteiger partial charge >= 0.3 is 0 Å². The highest BCUT2D eigenvalue weighted by atomic mass is 79.9. The summed E-state index contributed by atoms with van der Waals surface area (Å²) in [5.74, 6) is -1.65. The van der Waals surface area contributed by atoms with Crippen molar-refractivity contribution < 1.29 is 23.7 Å². The summed E-state index contributed by atoms with van der Waals surface area (Å²) in [6.45, 7) is 0. The second kappa shape index (κ2) is 7.90. The highest BCUT2D eigenvalue weighted by Gasteiger charge is 2.76. The normalized spacial score (nSPS) is 31.6. The van der Waals surface area contributed by atoms with Crippen molar-refractivity contribution in [2.45, 2.75) is 23.2 Å². The number of aliphatic hydroxyl groups is 2. The Balaban J connectivity index is 1.84. The van der Waals surface area contributed by atoms with Crippen molar-refractivity contribution in [1.29, 1.82) is 0 Å². The van der Waals surface area contributed by atoms with Crippen LogP contribution in [0.15, 0.2) is 71.3 Å². The minimum atomic E-state index is -2.46. The van der Waals surface area contributed by atoms with Gasteiger partial charge in [-0.3, -0.25) is 9.19 Å². The van der Waals surface area contributed by atoms with Crippen molar-refractivity contribution >= 4 is 38.6 Å². The molecule has 166 valence electrons. The van der Waals surface area contributed by atoms with Crippen LogP contribution in [0.2, 0.25) is 5.02 Å². The summed E-state index contributed by atoms with van der Waals surface area (Å²) < 4.78 is 30.9. The van der Waals surface area contributed by atoms with Crippen LogP contribution in [0.5, 0.6) is 5.75 Å². The Morgan fingerprint density at radius 2 is 1.88 bits per heavy atom. The number of benzene rings is 2. The SMILES string of the molecule is O=S([O-])C[C@@H]1[C@@H](c2ccccc2)[C@]2(c3ccc(Br)cc3)Oc3cc(Cl)cnc3[C@]2(O)[C@H]1O. The second-order valence-corrected chi connectivity index (χ2v) is 10.4. The Morgan fingerprint density at radius 3 is 2.53 bits per heavy atom. The maximum absolute atomic E-state index is 12.2. The average molecular weight is 536 g/mol. The van der Waals surface area contributed by atoms with Gasteiger partial charge in [0.15, 0.2) is 11.2 Å². The Kier molecular flexibility index (Phi) is 5.43. The van der Waals surface area contributed by atoms with Crippen LogP contribution in [0, 0.1) is 5.92 Å². The second-order valence-electron chi connectivity index (χ2n) is 8.08. The molecule has 0 amide bonds. The van der Waals surface area contributed by atoms with Gasteiger partial charge in [0.05, 0.1) is 11.1 Å². The summed E-state index contributed by atoms with van der Waals surface area (Å²) in [7, 11) is 0. The van der Waals surface area contributed by atoms with Gasteiger partial charge in [-0.2, -0.15) is 0 Å². The van der Waals surface area contributed by atoms with Crippen molar-refractivity contribution in [2.75, 3.05) is 5.75 Å². The molecule has 0 saturated heterocycles. The number of aromatic nitrogens is 1. The highest BCUT2D eigenvalue weighted by Crippen LogP contribution is 2.68. The molecule has 2 aromatic carbocycles. The van der Waals surface area contributed by atoms with Gasteiger partial charge in [-0.15, -0.1) is 0 Å². The minimum Gasteiger partial charge on any atom is -0.772 e. The average Bonchev–Trinajstić information content (AvgIpc) is 3.12. The predicted molar refractivity (Wildman–Crippen MR) is 122 cm³/mol. The molecule has 0 bridgehead atoms. The number of halogens is 2. The lowest BCUT2D eigenvalue weighted by atomic mass is 9.72. The Hall–Kier alpha value is -1.81. The quantitative estimate of drug-likeness (QED) is 0.495. The summed E-state index contributed by atoms with van der Waals surface area (Å²) in [6, 6.07) is 18.0. The Morgan fingerprint density at radius 1 is 1.19 bits per heavy atom. The number of nitrogens with zero attached hydrogens (tertiary/aromatic N) is 1. The molecule has 1 aromatic heterocycles. The van der Waals surface area contributed by atoms with Crippen LogP contribution >= 0.6 is 27.5 Å². The lowest BCUT2D eigenvalue weighted by Crippen LogP contribution is -2.52. The van der Waals surface area contributed by atoms with E-state index >= 15 is 0 Å². The lowest BCUT2D eigenvalue weighted by Gasteiger charge is -2.40. The van der Waals surface area contributed by atoms with E-state index < -0.39 is 40.2 Å². The number of rotatable bonds is 4. The number of aliphatic hydroxyl groups excluding tert-OH is 1. The van der Waals surface area contributed by atoms with Gasteiger partial charge in [-0.05, 0) is 23.3 Å². The van der Waals surface area contributed by atoms with E-state index in [-0.39, 0.29) is 17.2 Å². The van der Waals surface area contributed by atoms with Crippen LogP contribution in [-0.4, -0.2) is 35.8 Å². The predicted octanol–water partition coefficient (Wildman–Crippen LogP) is 3.63. The minimum absolute atomic E-state index is 0.137. The molecule has 2 heterocycles. The zero-order valence-corrected chi connectivity index (χ0v) is 19.7. The van der Waals surface area contributed by atoms with Crippen LogP contribution in [0.4, 0.5) is 0 Å². The van der Waals surface area contributed by atoms with Crippen molar-refractivity contribution in [1.82, 2.24) is 4.98 Å². The topological polar surface area (TPSA) is 103 Å². The summed E-state index contributed by atoms with van der Waals surface area (Å²) in [5, 5.41) is 24.1. The largest absolute Gasteiger partial charge is 0.772 e. The fraction of sp³-hybridized carbons (Fsp3) is 0.261. The molecule has 0 radical (unpaired) electrons. The third kappa shape index (κ3) is 3.01. The van der Waals surface area contributed by atoms with Crippen molar-refractivity contribution in [3.8, 4) is 5.75 Å². The number of fused-ring (bicyclic) bond motifs is 3. The van der Waals surface area contributed by atoms with Gasteiger partial charge in [0.1, 0.15) is 11.4 Å². The van der Waals surface area contributed by atoms with Crippen LogP contribution in [0.1, 0.15) is 22.7 Å². The number of hydrogen-bond donors (Lipinski definition) is 2. The fourth-order valence-corrected chi connectivity index (χ4v) is 6.41. The molecular weight excluding hydrogens is 518 g/mol. The summed E-state index contributed by atoms with van der Waals surface area (Å²) in [5.41, 5.74) is -2.08. The summed E-state index contributed by atoms with van der Waals surface area (Å²) >= 11 is 7.12. The van der Waals surface area contributed by atoms with Gasteiger partial charge in [-0.1, -0.05) is 81.1 Å². The molecule has 6 nitrogen and oxygen atoms in total. The molecule has 0 spiro atoms. The molecule has 1 aliphatic carbocycles. The van der Waals surface area contributed by atoms with Gasteiger partial charge in [-0.25, -0.2) is 0 Å². The van der Waals surface area contributed by atoms with Gasteiger partial charge in [0.2, 0.25) is 0 Å². The molecule has 2 aliphatic rings. The molecule has 3 aromatic rings. The van der Waals surface area contributed by atoms with Crippen LogP contribution < -0.4 is 4.74 Å². The molecule has 1 fully saturated rings. The first kappa shape index (κ1) is 22.0.